The van der Waals surface area contributed by atoms with Crippen LogP contribution < -0.4 is 21.1 Å². The van der Waals surface area contributed by atoms with Crippen LogP contribution in [0.1, 0.15) is 53.0 Å². The number of esters is 2. The van der Waals surface area contributed by atoms with E-state index in [1.165, 1.54) is 19.4 Å². The summed E-state index contributed by atoms with van der Waals surface area (Å²) in [6.07, 6.45) is 8.06. The normalized spacial score (nSPS) is 23.5. The molecule has 252 valence electrons. The molecule has 1 heterocycles. The van der Waals surface area contributed by atoms with Crippen LogP contribution in [0.15, 0.2) is 59.3 Å². The lowest BCUT2D eigenvalue weighted by Gasteiger charge is -2.29. The van der Waals surface area contributed by atoms with Crippen molar-refractivity contribution in [3.63, 3.8) is 0 Å². The summed E-state index contributed by atoms with van der Waals surface area (Å²) in [6, 6.07) is 4.10. The van der Waals surface area contributed by atoms with Gasteiger partial charge in [-0.25, -0.2) is 4.79 Å². The van der Waals surface area contributed by atoms with Crippen LogP contribution in [0, 0.1) is 17.3 Å². The molecular formula is C34H47ClN4O7. The number of cyclic esters (lactones) is 2. The minimum Gasteiger partial charge on any atom is -0.495 e. The van der Waals surface area contributed by atoms with E-state index in [2.05, 4.69) is 15.6 Å². The molecule has 11 nitrogen and oxygen atoms in total. The van der Waals surface area contributed by atoms with Gasteiger partial charge < -0.3 is 30.6 Å². The van der Waals surface area contributed by atoms with Crippen LogP contribution in [0.3, 0.4) is 0 Å². The Balaban J connectivity index is 2.47. The molecule has 0 fully saturated rings. The van der Waals surface area contributed by atoms with Crippen molar-refractivity contribution < 1.29 is 33.4 Å². The summed E-state index contributed by atoms with van der Waals surface area (Å²) in [5.41, 5.74) is 5.82. The molecule has 0 aliphatic carbocycles. The molecule has 1 aromatic rings. The summed E-state index contributed by atoms with van der Waals surface area (Å²) in [5, 5.41) is 5.86. The van der Waals surface area contributed by atoms with Gasteiger partial charge in [0.15, 0.2) is 6.10 Å². The lowest BCUT2D eigenvalue weighted by atomic mass is 9.93. The monoisotopic (exact) mass is 658 g/mol. The molecule has 0 radical (unpaired) electrons. The average Bonchev–Trinajstić information content (AvgIpc) is 2.99. The second-order valence-electron chi connectivity index (χ2n) is 12.2. The van der Waals surface area contributed by atoms with Crippen molar-refractivity contribution in [3.05, 3.63) is 64.9 Å². The van der Waals surface area contributed by atoms with E-state index in [9.17, 15) is 19.2 Å². The zero-order valence-corrected chi connectivity index (χ0v) is 28.4. The summed E-state index contributed by atoms with van der Waals surface area (Å²) in [5.74, 6) is -2.24. The van der Waals surface area contributed by atoms with Gasteiger partial charge in [0.25, 0.3) is 0 Å². The molecule has 2 rings (SSSR count). The molecule has 0 spiro atoms. The Labute approximate surface area is 276 Å². The van der Waals surface area contributed by atoms with Gasteiger partial charge in [0.2, 0.25) is 11.8 Å². The standard InChI is InChI=1S/C34H47ClN4O7/c1-21(2)15-29-32(42)45-27(22(3)11-12-24(18-36)19-37-6)9-8-10-30(40)39-26(17-23-13-14-28(44-7)25(35)16-23)31(41)38-20-34(4,5)33(43)46-29/h8,10-14,16,18-19,21-22,26-27,29H,9,15,17,20,36H2,1-7H3,(H,38,41)(H,39,40)/b10-8+,12-11+,24-18?,37-19?/t22-,26-,27+,29+/m1/s1. The maximum Gasteiger partial charge on any atom is 0.347 e. The third kappa shape index (κ3) is 12.0. The first kappa shape index (κ1) is 38.1. The molecule has 1 aliphatic rings. The Morgan fingerprint density at radius 1 is 1.20 bits per heavy atom. The molecule has 0 aromatic heterocycles. The Hall–Kier alpha value is -4.12. The number of carbonyl (C=O) groups is 4. The summed E-state index contributed by atoms with van der Waals surface area (Å²) in [4.78, 5) is 57.2. The van der Waals surface area contributed by atoms with Crippen LogP contribution >= 0.6 is 11.6 Å². The Kier molecular flexibility index (Phi) is 15.0. The van der Waals surface area contributed by atoms with E-state index in [4.69, 9.17) is 31.5 Å². The molecule has 12 heteroatoms. The highest BCUT2D eigenvalue weighted by molar-refractivity contribution is 6.32. The summed E-state index contributed by atoms with van der Waals surface area (Å²) in [7, 11) is 3.12. The van der Waals surface area contributed by atoms with Gasteiger partial charge in [-0.05, 0) is 50.0 Å². The van der Waals surface area contributed by atoms with Crippen LogP contribution in [0.25, 0.3) is 0 Å². The van der Waals surface area contributed by atoms with Gasteiger partial charge in [-0.15, -0.1) is 0 Å². The van der Waals surface area contributed by atoms with Crippen LogP contribution in [0.5, 0.6) is 5.75 Å². The van der Waals surface area contributed by atoms with Crippen molar-refractivity contribution in [1.82, 2.24) is 10.6 Å². The average molecular weight is 659 g/mol. The van der Waals surface area contributed by atoms with Crippen LogP contribution in [-0.2, 0) is 35.1 Å². The van der Waals surface area contributed by atoms with Gasteiger partial charge in [0.1, 0.15) is 17.9 Å². The van der Waals surface area contributed by atoms with Gasteiger partial charge in [0.05, 0.1) is 17.5 Å². The predicted octanol–water partition coefficient (Wildman–Crippen LogP) is 4.08. The van der Waals surface area contributed by atoms with Gasteiger partial charge in [-0.2, -0.15) is 0 Å². The highest BCUT2D eigenvalue weighted by Crippen LogP contribution is 2.26. The zero-order chi connectivity index (χ0) is 34.4. The third-order valence-electron chi connectivity index (χ3n) is 7.30. The lowest BCUT2D eigenvalue weighted by Crippen LogP contribution is -2.51. The van der Waals surface area contributed by atoms with Crippen molar-refractivity contribution in [2.45, 2.75) is 72.1 Å². The highest BCUT2D eigenvalue weighted by Gasteiger charge is 2.37. The number of aliphatic imine (C=N–C) groups is 1. The van der Waals surface area contributed by atoms with E-state index >= 15 is 0 Å². The van der Waals surface area contributed by atoms with Gasteiger partial charge in [-0.3, -0.25) is 19.4 Å². The lowest BCUT2D eigenvalue weighted by molar-refractivity contribution is -0.178. The maximum absolute atomic E-state index is 13.4. The molecule has 46 heavy (non-hydrogen) atoms. The van der Waals surface area contributed by atoms with E-state index in [-0.39, 0.29) is 37.6 Å². The van der Waals surface area contributed by atoms with E-state index in [0.717, 1.165) is 0 Å². The van der Waals surface area contributed by atoms with Crippen molar-refractivity contribution in [2.24, 2.45) is 28.0 Å². The zero-order valence-electron chi connectivity index (χ0n) is 27.7. The largest absolute Gasteiger partial charge is 0.495 e. The first-order chi connectivity index (χ1) is 21.7. The van der Waals surface area contributed by atoms with Crippen molar-refractivity contribution >= 4 is 41.6 Å². The Morgan fingerprint density at radius 3 is 2.52 bits per heavy atom. The topological polar surface area (TPSA) is 158 Å². The number of amides is 2. The van der Waals surface area contributed by atoms with Gasteiger partial charge >= 0.3 is 11.9 Å². The number of carbonyl (C=O) groups excluding carboxylic acids is 4. The second-order valence-corrected chi connectivity index (χ2v) is 12.7. The summed E-state index contributed by atoms with van der Waals surface area (Å²) < 4.78 is 16.9. The molecule has 0 bridgehead atoms. The number of nitrogens with zero attached hydrogens (tertiary/aromatic N) is 1. The number of allylic oxidation sites excluding steroid dienone is 2. The predicted molar refractivity (Wildman–Crippen MR) is 178 cm³/mol. The quantitative estimate of drug-likeness (QED) is 0.203. The van der Waals surface area contributed by atoms with Crippen molar-refractivity contribution in [3.8, 4) is 5.75 Å². The van der Waals surface area contributed by atoms with Crippen molar-refractivity contribution in [1.29, 1.82) is 0 Å². The van der Waals surface area contributed by atoms with Crippen molar-refractivity contribution in [2.75, 3.05) is 20.7 Å². The Morgan fingerprint density at radius 2 is 1.91 bits per heavy atom. The second kappa shape index (κ2) is 18.1. The number of benzene rings is 1. The molecule has 4 atom stereocenters. The number of methoxy groups -OCH3 is 1. The number of hydrogen-bond donors (Lipinski definition) is 3. The maximum atomic E-state index is 13.4. The number of hydrogen-bond acceptors (Lipinski definition) is 9. The van der Waals surface area contributed by atoms with E-state index in [1.807, 2.05) is 26.8 Å². The smallest absolute Gasteiger partial charge is 0.347 e. The molecule has 0 saturated carbocycles. The molecule has 1 aliphatic heterocycles. The van der Waals surface area contributed by atoms with E-state index in [1.54, 1.807) is 57.5 Å². The number of halogens is 1. The fourth-order valence-corrected chi connectivity index (χ4v) is 4.78. The van der Waals surface area contributed by atoms with Crippen LogP contribution in [0.2, 0.25) is 5.02 Å². The van der Waals surface area contributed by atoms with Gasteiger partial charge in [0, 0.05) is 50.3 Å². The molecule has 2 amide bonds. The minimum absolute atomic E-state index is 0.0101. The number of rotatable bonds is 9. The minimum atomic E-state index is -1.21. The van der Waals surface area contributed by atoms with E-state index < -0.39 is 47.4 Å². The van der Waals surface area contributed by atoms with Crippen LogP contribution in [0.4, 0.5) is 0 Å². The molecule has 4 N–H and O–H groups in total. The highest BCUT2D eigenvalue weighted by atomic mass is 35.5. The number of nitrogens with one attached hydrogen (secondary N) is 2. The fraction of sp³-hybridized carbons (Fsp3) is 0.500. The van der Waals surface area contributed by atoms with E-state index in [0.29, 0.717) is 21.9 Å². The molecule has 1 aromatic carbocycles. The summed E-state index contributed by atoms with van der Waals surface area (Å²) in [6.45, 7) is 8.76. The molecular weight excluding hydrogens is 612 g/mol. The SMILES string of the molecule is CN=CC(=CN)/C=C/[C@@H](C)[C@@H]1C/C=C/C(=O)N[C@H](Cc2ccc(OC)c(Cl)c2)C(=O)NCC(C)(C)C(=O)O[C@@H](CC(C)C)C(=O)O1. The van der Waals surface area contributed by atoms with Gasteiger partial charge in [-0.1, -0.05) is 56.7 Å². The van der Waals surface area contributed by atoms with Crippen LogP contribution in [-0.4, -0.2) is 68.9 Å². The third-order valence-corrected chi connectivity index (χ3v) is 7.59. The first-order valence-electron chi connectivity index (χ1n) is 15.2. The number of nitrogens with two attached hydrogens (primary N) is 1. The number of ether oxygens (including phenoxy) is 3. The molecule has 0 unspecified atom stereocenters. The molecule has 0 saturated heterocycles. The summed E-state index contributed by atoms with van der Waals surface area (Å²) >= 11 is 6.30. The first-order valence-corrected chi connectivity index (χ1v) is 15.6. The Bertz CT molecular complexity index is 1350. The fourth-order valence-electron chi connectivity index (χ4n) is 4.50.